The third kappa shape index (κ3) is 46.6. The van der Waals surface area contributed by atoms with Gasteiger partial charge in [-0.1, -0.05) is 199 Å². The first kappa shape index (κ1) is 89.3. The molecule has 0 saturated carbocycles. The minimum Gasteiger partial charge on any atom is -0.747 e. The van der Waals surface area contributed by atoms with Crippen molar-refractivity contribution in [3.05, 3.63) is 0 Å². The average Bonchev–Trinajstić information content (AvgIpc) is 3.64. The van der Waals surface area contributed by atoms with Gasteiger partial charge in [0, 0.05) is 0 Å². The van der Waals surface area contributed by atoms with Gasteiger partial charge in [-0.3, -0.25) is 28.8 Å². The summed E-state index contributed by atoms with van der Waals surface area (Å²) in [4.78, 5) is 72.4. The van der Waals surface area contributed by atoms with Gasteiger partial charge in [-0.2, -0.15) is 0 Å². The van der Waals surface area contributed by atoms with E-state index in [-0.39, 0.29) is 116 Å². The Morgan fingerprint density at radius 3 is 0.576 bits per heavy atom. The van der Waals surface area contributed by atoms with Crippen molar-refractivity contribution < 1.29 is 137 Å². The van der Waals surface area contributed by atoms with Crippen LogP contribution in [0.15, 0.2) is 0 Å². The summed E-state index contributed by atoms with van der Waals surface area (Å²) >= 11 is 0. The smallest absolute Gasteiger partial charge is 0.747 e. The maximum Gasteiger partial charge on any atom is 3.00 e. The van der Waals surface area contributed by atoms with Gasteiger partial charge in [0.25, 0.3) is 0 Å². The fourth-order valence-corrected chi connectivity index (χ4v) is 10.4. The predicted molar refractivity (Wildman–Crippen MR) is 320 cm³/mol. The summed E-state index contributed by atoms with van der Waals surface area (Å²) in [6.07, 6.45) is 19.7. The number of carbonyl (C=O) groups excluding carboxylic acids is 6. The van der Waals surface area contributed by atoms with Crippen molar-refractivity contribution in [3.8, 4) is 0 Å². The number of ether oxygens (including phenoxy) is 6. The molecule has 0 aliphatic carbocycles. The molecule has 0 rings (SSSR count). The van der Waals surface area contributed by atoms with Gasteiger partial charge < -0.3 is 42.1 Å². The minimum atomic E-state index is -5.01. The van der Waals surface area contributed by atoms with Crippen molar-refractivity contribution >= 4 is 66.2 Å². The van der Waals surface area contributed by atoms with E-state index in [1.807, 2.05) is 41.5 Å². The summed E-state index contributed by atoms with van der Waals surface area (Å²) in [6, 6.07) is 0. The quantitative estimate of drug-likeness (QED) is 0.0310. The largest absolute Gasteiger partial charge is 3.00 e. The fraction of sp³-hybridized carbons (Fsp3) is 0.900. The number of hydrogen-bond donors (Lipinski definition) is 0. The van der Waals surface area contributed by atoms with E-state index in [2.05, 4.69) is 41.5 Å². The Bertz CT molecular complexity index is 1880. The van der Waals surface area contributed by atoms with Gasteiger partial charge in [0.15, 0.2) is 15.7 Å². The van der Waals surface area contributed by atoms with E-state index >= 15 is 0 Å². The Kier molecular flexibility index (Phi) is 56.4. The predicted octanol–water partition coefficient (Wildman–Crippen LogP) is 11.4. The molecule has 85 heavy (non-hydrogen) atoms. The topological polar surface area (TPSA) is 329 Å². The van der Waals surface area contributed by atoms with E-state index in [4.69, 9.17) is 28.4 Å². The zero-order valence-electron chi connectivity index (χ0n) is 53.8. The Labute approximate surface area is 546 Å². The van der Waals surface area contributed by atoms with Crippen LogP contribution < -0.4 is 0 Å². The van der Waals surface area contributed by atoms with Gasteiger partial charge in [0.2, 0.25) is 0 Å². The molecule has 0 aromatic carbocycles. The van der Waals surface area contributed by atoms with Gasteiger partial charge in [0.1, 0.15) is 30.4 Å². The summed E-state index contributed by atoms with van der Waals surface area (Å²) in [6.45, 7) is 24.8. The van der Waals surface area contributed by atoms with Crippen molar-refractivity contribution in [2.45, 2.75) is 272 Å². The molecule has 0 bridgehead atoms. The van der Waals surface area contributed by atoms with Gasteiger partial charge in [0.05, 0.1) is 58.9 Å². The van der Waals surface area contributed by atoms with Gasteiger partial charge in [-0.15, -0.1) is 0 Å². The van der Waals surface area contributed by atoms with Crippen LogP contribution in [0.4, 0.5) is 0 Å². The first-order valence-electron chi connectivity index (χ1n) is 31.4. The maximum atomic E-state index is 12.1. The molecule has 0 aromatic rings. The molecular weight excluding hydrogens is 1300 g/mol. The van der Waals surface area contributed by atoms with E-state index in [0.717, 1.165) is 154 Å². The molecule has 0 amide bonds. The van der Waals surface area contributed by atoms with E-state index < -0.39 is 101 Å². The molecule has 21 nitrogen and oxygen atoms in total. The molecule has 9 unspecified atom stereocenters. The SMILES string of the molecule is CCCCC(CC)COC(=O)CC(C(=O)OCC(CC)CCCC)S(=O)(=O)[O-].CCCCC(CC)COC(=O)CC(C(=O)OCC(CC)CCCC)S(=O)(=O)[O-].CCCCC(CC)COC(=O)CC(C(=O)OCC(CC)CCCC)S(=O)(=O)[O-].[Nd+3]. The summed E-state index contributed by atoms with van der Waals surface area (Å²) in [5.74, 6) is -5.23. The zero-order chi connectivity index (χ0) is 64.7. The number of hydrogen-bond acceptors (Lipinski definition) is 21. The summed E-state index contributed by atoms with van der Waals surface area (Å²) < 4.78 is 134. The molecule has 0 aliphatic heterocycles. The van der Waals surface area contributed by atoms with Crippen molar-refractivity contribution in [1.82, 2.24) is 0 Å². The Morgan fingerprint density at radius 1 is 0.294 bits per heavy atom. The van der Waals surface area contributed by atoms with Crippen LogP contribution in [0.25, 0.3) is 0 Å². The number of rotatable bonds is 48. The third-order valence-electron chi connectivity index (χ3n) is 15.0. The zero-order valence-corrected chi connectivity index (χ0v) is 59.5. The monoisotopic (exact) mass is 1410 g/mol. The van der Waals surface area contributed by atoms with Crippen molar-refractivity contribution in [1.29, 1.82) is 0 Å². The fourth-order valence-electron chi connectivity index (χ4n) is 8.44. The molecule has 499 valence electrons. The molecule has 0 aliphatic rings. The van der Waals surface area contributed by atoms with Crippen molar-refractivity contribution in [2.75, 3.05) is 39.6 Å². The summed E-state index contributed by atoms with van der Waals surface area (Å²) in [5, 5.41) is -6.17. The van der Waals surface area contributed by atoms with E-state index in [1.54, 1.807) is 0 Å². The second kappa shape index (κ2) is 53.7. The van der Waals surface area contributed by atoms with Gasteiger partial charge >= 0.3 is 76.7 Å². The minimum absolute atomic E-state index is 0. The van der Waals surface area contributed by atoms with Crippen molar-refractivity contribution in [3.63, 3.8) is 0 Å². The van der Waals surface area contributed by atoms with E-state index in [9.17, 15) is 67.7 Å². The second-order valence-corrected chi connectivity index (χ2v) is 26.7. The van der Waals surface area contributed by atoms with Crippen LogP contribution >= 0.6 is 0 Å². The molecule has 0 aromatic heterocycles. The molecule has 0 fully saturated rings. The first-order valence-corrected chi connectivity index (χ1v) is 35.8. The average molecular weight is 1410 g/mol. The van der Waals surface area contributed by atoms with Crippen LogP contribution in [0.3, 0.4) is 0 Å². The Balaban J connectivity index is -0.000000576. The summed E-state index contributed by atoms with van der Waals surface area (Å²) in [5.41, 5.74) is 0. The molecule has 9 atom stereocenters. The maximum absolute atomic E-state index is 12.1. The van der Waals surface area contributed by atoms with E-state index in [1.165, 1.54) is 0 Å². The van der Waals surface area contributed by atoms with Gasteiger partial charge in [-0.25, -0.2) is 25.3 Å². The number of carbonyl (C=O) groups is 6. The van der Waals surface area contributed by atoms with Crippen LogP contribution in [-0.4, -0.2) is 130 Å². The van der Waals surface area contributed by atoms with Crippen LogP contribution in [0.5, 0.6) is 0 Å². The van der Waals surface area contributed by atoms with Crippen LogP contribution in [0.1, 0.15) is 256 Å². The molecule has 0 saturated heterocycles. The molecule has 1 radical (unpaired) electrons. The molecule has 25 heteroatoms. The van der Waals surface area contributed by atoms with Crippen molar-refractivity contribution in [2.24, 2.45) is 35.5 Å². The first-order chi connectivity index (χ1) is 39.6. The van der Waals surface area contributed by atoms with E-state index in [0.29, 0.717) is 0 Å². The van der Waals surface area contributed by atoms with Crippen LogP contribution in [0, 0.1) is 76.3 Å². The number of unbranched alkanes of at least 4 members (excludes halogenated alkanes) is 6. The standard InChI is InChI=1S/3C20H38O7S.Nd/c3*1-5-9-11-16(7-3)14-26-19(21)13-18(28(23,24)25)20(22)27-15-17(8-4)12-10-6-2;/h3*16-18H,5-15H2,1-4H3,(H,23,24,25);/q;;;+3/p-3. The van der Waals surface area contributed by atoms with Gasteiger partial charge in [-0.05, 0) is 74.0 Å². The third-order valence-corrected chi connectivity index (χ3v) is 18.1. The molecule has 0 N–H and O–H groups in total. The Hall–Kier alpha value is -2.10. The molecule has 0 spiro atoms. The molecular formula is C60H111NdO21S3. The molecule has 0 heterocycles. The normalized spacial score (nSPS) is 14.7. The van der Waals surface area contributed by atoms with Crippen LogP contribution in [0.2, 0.25) is 0 Å². The van der Waals surface area contributed by atoms with Crippen LogP contribution in [-0.2, 0) is 87.5 Å². The number of esters is 6. The Morgan fingerprint density at radius 2 is 0.447 bits per heavy atom. The second-order valence-electron chi connectivity index (χ2n) is 22.0. The summed E-state index contributed by atoms with van der Waals surface area (Å²) in [7, 11) is -15.0.